The van der Waals surface area contributed by atoms with E-state index in [4.69, 9.17) is 4.74 Å². The number of urea groups is 1. The van der Waals surface area contributed by atoms with Gasteiger partial charge in [0.2, 0.25) is 0 Å². The highest BCUT2D eigenvalue weighted by molar-refractivity contribution is 5.74. The summed E-state index contributed by atoms with van der Waals surface area (Å²) in [5.41, 5.74) is -0.293. The third kappa shape index (κ3) is 1.90. The summed E-state index contributed by atoms with van der Waals surface area (Å²) < 4.78 is 6.19. The van der Waals surface area contributed by atoms with E-state index in [0.717, 1.165) is 19.4 Å². The summed E-state index contributed by atoms with van der Waals surface area (Å²) in [5, 5.41) is 2.71. The molecule has 4 heteroatoms. The van der Waals surface area contributed by atoms with Crippen molar-refractivity contribution < 1.29 is 9.53 Å². The lowest BCUT2D eigenvalue weighted by molar-refractivity contribution is -0.175. The quantitative estimate of drug-likeness (QED) is 0.681. The zero-order valence-corrected chi connectivity index (χ0v) is 10.7. The molecule has 1 N–H and O–H groups in total. The first-order chi connectivity index (χ1) is 7.36. The van der Waals surface area contributed by atoms with Gasteiger partial charge in [0.05, 0.1) is 17.7 Å². The molecule has 3 aliphatic heterocycles. The van der Waals surface area contributed by atoms with E-state index >= 15 is 0 Å². The SMILES string of the molecule is CNC(=O)N1C[C@H]2CC[C@](C)(C1)OC2(C)C. The highest BCUT2D eigenvalue weighted by Gasteiger charge is 2.48. The Balaban J connectivity index is 2.24. The minimum Gasteiger partial charge on any atom is -0.367 e. The van der Waals surface area contributed by atoms with Crippen LogP contribution >= 0.6 is 0 Å². The highest BCUT2D eigenvalue weighted by Crippen LogP contribution is 2.43. The molecular formula is C12H22N2O2. The second-order valence-electron chi connectivity index (χ2n) is 5.83. The molecule has 0 unspecified atom stereocenters. The average Bonchev–Trinajstić information content (AvgIpc) is 2.40. The lowest BCUT2D eigenvalue weighted by Crippen LogP contribution is -2.49. The van der Waals surface area contributed by atoms with Crippen LogP contribution in [0.25, 0.3) is 0 Å². The van der Waals surface area contributed by atoms with E-state index in [2.05, 4.69) is 26.1 Å². The van der Waals surface area contributed by atoms with Crippen LogP contribution in [0.3, 0.4) is 0 Å². The molecule has 4 nitrogen and oxygen atoms in total. The van der Waals surface area contributed by atoms with Crippen LogP contribution in [0.4, 0.5) is 4.79 Å². The van der Waals surface area contributed by atoms with Gasteiger partial charge >= 0.3 is 6.03 Å². The standard InChI is InChI=1S/C12H22N2O2/c1-11(2)9-5-6-12(3,16-11)8-14(7-9)10(15)13-4/h9H,5-8H2,1-4H3,(H,13,15)/t9-,12-/m1/s1. The molecule has 0 aromatic rings. The van der Waals surface area contributed by atoms with Gasteiger partial charge in [0.25, 0.3) is 0 Å². The number of fused-ring (bicyclic) bond motifs is 4. The molecule has 16 heavy (non-hydrogen) atoms. The lowest BCUT2D eigenvalue weighted by Gasteiger charge is -2.44. The van der Waals surface area contributed by atoms with Gasteiger partial charge < -0.3 is 15.0 Å². The molecule has 3 rings (SSSR count). The van der Waals surface area contributed by atoms with Crippen LogP contribution in [-0.4, -0.2) is 42.3 Å². The molecule has 0 radical (unpaired) electrons. The number of hydrogen-bond donors (Lipinski definition) is 1. The Morgan fingerprint density at radius 2 is 2.12 bits per heavy atom. The summed E-state index contributed by atoms with van der Waals surface area (Å²) in [6.07, 6.45) is 2.20. The Morgan fingerprint density at radius 3 is 2.69 bits per heavy atom. The van der Waals surface area contributed by atoms with Gasteiger partial charge in [-0.05, 0) is 33.6 Å². The van der Waals surface area contributed by atoms with Gasteiger partial charge in [-0.2, -0.15) is 0 Å². The van der Waals surface area contributed by atoms with Gasteiger partial charge in [-0.1, -0.05) is 0 Å². The molecule has 2 atom stereocenters. The summed E-state index contributed by atoms with van der Waals surface area (Å²) in [5.74, 6) is 0.445. The molecular weight excluding hydrogens is 204 g/mol. The van der Waals surface area contributed by atoms with Crippen molar-refractivity contribution in [2.24, 2.45) is 5.92 Å². The molecule has 3 aliphatic rings. The molecule has 92 valence electrons. The van der Waals surface area contributed by atoms with Crippen molar-refractivity contribution in [3.05, 3.63) is 0 Å². The maximum Gasteiger partial charge on any atom is 0.317 e. The minimum absolute atomic E-state index is 0.0134. The summed E-state index contributed by atoms with van der Waals surface area (Å²) in [7, 11) is 1.68. The smallest absolute Gasteiger partial charge is 0.317 e. The molecule has 2 amide bonds. The van der Waals surface area contributed by atoms with Crippen molar-refractivity contribution in [1.29, 1.82) is 0 Å². The topological polar surface area (TPSA) is 41.6 Å². The predicted molar refractivity (Wildman–Crippen MR) is 62.3 cm³/mol. The summed E-state index contributed by atoms with van der Waals surface area (Å²) in [6, 6.07) is 0.0134. The third-order valence-corrected chi connectivity index (χ3v) is 3.98. The molecule has 0 aromatic heterocycles. The Labute approximate surface area is 97.3 Å². The normalized spacial score (nSPS) is 37.0. The zero-order valence-electron chi connectivity index (χ0n) is 10.7. The van der Waals surface area contributed by atoms with E-state index in [0.29, 0.717) is 12.5 Å². The number of carbonyl (C=O) groups is 1. The molecule has 3 heterocycles. The lowest BCUT2D eigenvalue weighted by atomic mass is 9.81. The molecule has 0 aliphatic carbocycles. The molecule has 0 spiro atoms. The number of hydrogen-bond acceptors (Lipinski definition) is 2. The molecule has 3 fully saturated rings. The van der Waals surface area contributed by atoms with Gasteiger partial charge in [-0.15, -0.1) is 0 Å². The van der Waals surface area contributed by atoms with Crippen molar-refractivity contribution >= 4 is 6.03 Å². The van der Waals surface area contributed by atoms with Crippen LogP contribution in [-0.2, 0) is 4.74 Å². The van der Waals surface area contributed by atoms with Crippen LogP contribution in [0.5, 0.6) is 0 Å². The van der Waals surface area contributed by atoms with E-state index < -0.39 is 0 Å². The number of nitrogens with one attached hydrogen (secondary N) is 1. The van der Waals surface area contributed by atoms with Crippen LogP contribution in [0.1, 0.15) is 33.6 Å². The maximum absolute atomic E-state index is 11.8. The molecule has 2 bridgehead atoms. The first-order valence-electron chi connectivity index (χ1n) is 6.03. The van der Waals surface area contributed by atoms with E-state index in [1.54, 1.807) is 7.05 Å². The van der Waals surface area contributed by atoms with Crippen molar-refractivity contribution in [2.75, 3.05) is 20.1 Å². The van der Waals surface area contributed by atoms with Gasteiger partial charge in [-0.3, -0.25) is 0 Å². The Morgan fingerprint density at radius 1 is 1.44 bits per heavy atom. The van der Waals surface area contributed by atoms with E-state index in [1.165, 1.54) is 0 Å². The number of amides is 2. The Bertz CT molecular complexity index is 303. The average molecular weight is 226 g/mol. The van der Waals surface area contributed by atoms with Crippen LogP contribution in [0.2, 0.25) is 0 Å². The van der Waals surface area contributed by atoms with Crippen LogP contribution in [0, 0.1) is 5.92 Å². The maximum atomic E-state index is 11.8. The first-order valence-corrected chi connectivity index (χ1v) is 6.03. The largest absolute Gasteiger partial charge is 0.367 e. The van der Waals surface area contributed by atoms with Crippen molar-refractivity contribution in [2.45, 2.75) is 44.8 Å². The van der Waals surface area contributed by atoms with E-state index in [9.17, 15) is 4.79 Å². The van der Waals surface area contributed by atoms with Gasteiger partial charge in [-0.25, -0.2) is 4.79 Å². The number of rotatable bonds is 0. The third-order valence-electron chi connectivity index (χ3n) is 3.98. The highest BCUT2D eigenvalue weighted by atomic mass is 16.5. The fourth-order valence-electron chi connectivity index (χ4n) is 3.07. The second kappa shape index (κ2) is 3.62. The summed E-state index contributed by atoms with van der Waals surface area (Å²) >= 11 is 0. The fraction of sp³-hybridized carbons (Fsp3) is 0.917. The fourth-order valence-corrected chi connectivity index (χ4v) is 3.07. The van der Waals surface area contributed by atoms with Crippen molar-refractivity contribution in [3.8, 4) is 0 Å². The predicted octanol–water partition coefficient (Wildman–Crippen LogP) is 1.61. The van der Waals surface area contributed by atoms with Crippen LogP contribution in [0.15, 0.2) is 0 Å². The Kier molecular flexibility index (Phi) is 2.65. The first kappa shape index (κ1) is 11.7. The van der Waals surface area contributed by atoms with Gasteiger partial charge in [0.15, 0.2) is 0 Å². The molecule has 0 saturated carbocycles. The molecule has 0 aromatic carbocycles. The number of nitrogens with zero attached hydrogens (tertiary/aromatic N) is 1. The van der Waals surface area contributed by atoms with Crippen molar-refractivity contribution in [1.82, 2.24) is 10.2 Å². The number of carbonyl (C=O) groups excluding carboxylic acids is 1. The van der Waals surface area contributed by atoms with Crippen LogP contribution < -0.4 is 5.32 Å². The molecule has 3 saturated heterocycles. The Hall–Kier alpha value is -0.770. The van der Waals surface area contributed by atoms with E-state index in [1.807, 2.05) is 4.90 Å². The van der Waals surface area contributed by atoms with Crippen molar-refractivity contribution in [3.63, 3.8) is 0 Å². The van der Waals surface area contributed by atoms with E-state index in [-0.39, 0.29) is 17.2 Å². The zero-order chi connectivity index (χ0) is 12.0. The monoisotopic (exact) mass is 226 g/mol. The summed E-state index contributed by atoms with van der Waals surface area (Å²) in [6.45, 7) is 7.91. The number of ether oxygens (including phenoxy) is 1. The van der Waals surface area contributed by atoms with Gasteiger partial charge in [0.1, 0.15) is 0 Å². The minimum atomic E-state index is -0.178. The summed E-state index contributed by atoms with van der Waals surface area (Å²) in [4.78, 5) is 13.6. The second-order valence-corrected chi connectivity index (χ2v) is 5.83. The van der Waals surface area contributed by atoms with Gasteiger partial charge in [0, 0.05) is 19.5 Å².